The zero-order valence-electron chi connectivity index (χ0n) is 4.19. The van der Waals surface area contributed by atoms with Crippen molar-refractivity contribution in [1.82, 2.24) is 3.53 Å². The molecule has 0 saturated carbocycles. The molecule has 2 N–H and O–H groups in total. The van der Waals surface area contributed by atoms with Crippen LogP contribution in [0.3, 0.4) is 0 Å². The normalized spacial score (nSPS) is 13.4. The molecule has 0 aromatic carbocycles. The van der Waals surface area contributed by atoms with Crippen molar-refractivity contribution >= 4 is 28.8 Å². The maximum absolute atomic E-state index is 10.4. The summed E-state index contributed by atoms with van der Waals surface area (Å²) in [7, 11) is 0. The number of nitrogens with one attached hydrogen (secondary N) is 1. The fourth-order valence-electron chi connectivity index (χ4n) is 0.144. The average Bonchev–Trinajstić information content (AvgIpc) is 1.84. The molecule has 0 saturated heterocycles. The summed E-state index contributed by atoms with van der Waals surface area (Å²) < 4.78 is 1.59. The van der Waals surface area contributed by atoms with Gasteiger partial charge in [0.15, 0.2) is 0 Å². The van der Waals surface area contributed by atoms with Crippen molar-refractivity contribution in [2.24, 2.45) is 0 Å². The Morgan fingerprint density at radius 3 is 2.62 bits per heavy atom. The van der Waals surface area contributed by atoms with Crippen LogP contribution in [-0.2, 0) is 4.79 Å². The fraction of sp³-hybridized carbons (Fsp3) is 0.667. The predicted molar refractivity (Wildman–Crippen MR) is 34.1 cm³/mol. The standard InChI is InChI=1S/C3H6I2NO2/c1-5-2(7)3(8)6-4/h2,7H,1H3,(H,6,8)/q-1. The topological polar surface area (TPSA) is 49.3 Å². The van der Waals surface area contributed by atoms with Gasteiger partial charge < -0.3 is 0 Å². The maximum atomic E-state index is 10.4. The molecular weight excluding hydrogens is 336 g/mol. The molecule has 5 heteroatoms. The van der Waals surface area contributed by atoms with E-state index >= 15 is 0 Å². The molecule has 8 heavy (non-hydrogen) atoms. The van der Waals surface area contributed by atoms with E-state index < -0.39 is 4.11 Å². The number of aliphatic hydroxyl groups is 1. The van der Waals surface area contributed by atoms with Gasteiger partial charge in [0.2, 0.25) is 0 Å². The minimum atomic E-state index is -0.731. The molecule has 0 rings (SSSR count). The minimum absolute atomic E-state index is 0.277. The van der Waals surface area contributed by atoms with E-state index in [-0.39, 0.29) is 27.1 Å². The SMILES string of the molecule is C[I-]C(O)C(=O)NI. The molecule has 0 fully saturated rings. The van der Waals surface area contributed by atoms with Crippen LogP contribution >= 0.6 is 22.9 Å². The first-order valence-corrected chi connectivity index (χ1v) is 6.27. The second-order valence-corrected chi connectivity index (χ2v) is 3.98. The molecule has 50 valence electrons. The van der Waals surface area contributed by atoms with E-state index in [2.05, 4.69) is 3.53 Å². The monoisotopic (exact) mass is 342 g/mol. The summed E-state index contributed by atoms with van der Waals surface area (Å²) in [6.45, 7) is 0. The second-order valence-electron chi connectivity index (χ2n) is 1.01. The predicted octanol–water partition coefficient (Wildman–Crippen LogP) is -3.51. The van der Waals surface area contributed by atoms with E-state index in [0.29, 0.717) is 0 Å². The van der Waals surface area contributed by atoms with Crippen LogP contribution in [0.5, 0.6) is 0 Å². The van der Waals surface area contributed by atoms with Crippen molar-refractivity contribution < 1.29 is 31.1 Å². The number of aliphatic hydroxyl groups excluding tert-OH is 1. The molecule has 0 bridgehead atoms. The summed E-state index contributed by atoms with van der Waals surface area (Å²) >= 11 is 1.35. The second kappa shape index (κ2) is 4.74. The molecule has 1 unspecified atom stereocenters. The van der Waals surface area contributed by atoms with E-state index in [4.69, 9.17) is 5.11 Å². The van der Waals surface area contributed by atoms with Crippen molar-refractivity contribution in [1.29, 1.82) is 0 Å². The summed E-state index contributed by atoms with van der Waals surface area (Å²) in [6.07, 6.45) is 0. The summed E-state index contributed by atoms with van der Waals surface area (Å²) in [5, 5.41) is 8.76. The van der Waals surface area contributed by atoms with Gasteiger partial charge in [-0.1, -0.05) is 0 Å². The average molecular weight is 342 g/mol. The summed E-state index contributed by atoms with van der Waals surface area (Å²) in [6, 6.07) is 0. The fourth-order valence-corrected chi connectivity index (χ4v) is 1.76. The third-order valence-electron chi connectivity index (χ3n) is 0.516. The third kappa shape index (κ3) is 3.02. The van der Waals surface area contributed by atoms with E-state index in [1.54, 1.807) is 22.9 Å². The van der Waals surface area contributed by atoms with E-state index in [1.165, 1.54) is 0 Å². The van der Waals surface area contributed by atoms with Crippen molar-refractivity contribution in [3.63, 3.8) is 0 Å². The number of hydrogen-bond donors (Lipinski definition) is 2. The molecule has 0 aliphatic heterocycles. The third-order valence-corrected chi connectivity index (χ3v) is 2.79. The van der Waals surface area contributed by atoms with Gasteiger partial charge in [0, 0.05) is 0 Å². The Bertz CT molecular complexity index is 87.4. The van der Waals surface area contributed by atoms with Crippen molar-refractivity contribution in [2.45, 2.75) is 4.11 Å². The van der Waals surface area contributed by atoms with Crippen LogP contribution in [-0.4, -0.2) is 20.1 Å². The van der Waals surface area contributed by atoms with Gasteiger partial charge in [-0.05, 0) is 0 Å². The first kappa shape index (κ1) is 8.89. The number of halogens is 2. The van der Waals surface area contributed by atoms with Crippen LogP contribution in [0.2, 0.25) is 0 Å². The van der Waals surface area contributed by atoms with E-state index in [1.807, 2.05) is 4.93 Å². The molecule has 0 aliphatic rings. The van der Waals surface area contributed by atoms with Crippen LogP contribution in [0.15, 0.2) is 0 Å². The van der Waals surface area contributed by atoms with Gasteiger partial charge in [-0.3, -0.25) is 0 Å². The van der Waals surface area contributed by atoms with Crippen LogP contribution in [0.4, 0.5) is 0 Å². The quantitative estimate of drug-likeness (QED) is 0.311. The number of carbonyl (C=O) groups is 1. The van der Waals surface area contributed by atoms with Crippen LogP contribution in [0, 0.1) is 0 Å². The Morgan fingerprint density at radius 2 is 2.50 bits per heavy atom. The summed E-state index contributed by atoms with van der Waals surface area (Å²) in [4.78, 5) is 12.3. The molecule has 0 spiro atoms. The van der Waals surface area contributed by atoms with E-state index in [0.717, 1.165) is 0 Å². The summed E-state index contributed by atoms with van der Waals surface area (Å²) in [5.41, 5.74) is 0. The van der Waals surface area contributed by atoms with Gasteiger partial charge >= 0.3 is 72.4 Å². The Hall–Kier alpha value is 0.890. The van der Waals surface area contributed by atoms with Gasteiger partial charge in [-0.15, -0.1) is 0 Å². The Kier molecular flexibility index (Phi) is 5.27. The van der Waals surface area contributed by atoms with Gasteiger partial charge in [-0.2, -0.15) is 0 Å². The number of carbonyl (C=O) groups excluding carboxylic acids is 1. The Morgan fingerprint density at radius 1 is 2.00 bits per heavy atom. The molecule has 3 nitrogen and oxygen atoms in total. The van der Waals surface area contributed by atoms with Crippen molar-refractivity contribution in [3.05, 3.63) is 0 Å². The molecule has 0 heterocycles. The van der Waals surface area contributed by atoms with Gasteiger partial charge in [-0.25, -0.2) is 0 Å². The molecular formula is C3H6I2NO2-. The van der Waals surface area contributed by atoms with Crippen LogP contribution in [0.1, 0.15) is 0 Å². The van der Waals surface area contributed by atoms with Crippen LogP contribution < -0.4 is 24.7 Å². The zero-order valence-corrected chi connectivity index (χ0v) is 8.50. The number of hydrogen-bond acceptors (Lipinski definition) is 2. The first-order chi connectivity index (χ1) is 3.72. The molecule has 0 aromatic heterocycles. The summed E-state index contributed by atoms with van der Waals surface area (Å²) in [5.74, 6) is -0.277. The molecule has 1 amide bonds. The van der Waals surface area contributed by atoms with Gasteiger partial charge in [0.05, 0.1) is 0 Å². The van der Waals surface area contributed by atoms with Crippen molar-refractivity contribution in [3.8, 4) is 0 Å². The zero-order chi connectivity index (χ0) is 6.57. The van der Waals surface area contributed by atoms with E-state index in [9.17, 15) is 4.79 Å². The molecule has 0 aliphatic carbocycles. The molecule has 1 atom stereocenters. The number of rotatable bonds is 2. The molecule has 0 aromatic rings. The Balaban J connectivity index is 3.46. The van der Waals surface area contributed by atoms with Gasteiger partial charge in [0.25, 0.3) is 0 Å². The number of amides is 1. The van der Waals surface area contributed by atoms with Crippen LogP contribution in [0.25, 0.3) is 0 Å². The first-order valence-electron chi connectivity index (χ1n) is 1.79. The number of alkyl halides is 2. The van der Waals surface area contributed by atoms with Crippen molar-refractivity contribution in [2.75, 3.05) is 4.93 Å². The van der Waals surface area contributed by atoms with Gasteiger partial charge in [0.1, 0.15) is 0 Å². The molecule has 0 radical (unpaired) electrons. The Labute approximate surface area is 72.0 Å².